The maximum absolute atomic E-state index is 12.7. The van der Waals surface area contributed by atoms with E-state index in [0.29, 0.717) is 37.6 Å². The van der Waals surface area contributed by atoms with Gasteiger partial charge in [0.15, 0.2) is 0 Å². The SMILES string of the molecule is Cc1ccc(S(=O)(=O)N2CCN(C(=O)NCCCSc3ccccc3)CC2)cc1. The Kier molecular flexibility index (Phi) is 7.57. The van der Waals surface area contributed by atoms with Gasteiger partial charge in [-0.3, -0.25) is 0 Å². The number of rotatable bonds is 7. The van der Waals surface area contributed by atoms with Crippen LogP contribution < -0.4 is 5.32 Å². The van der Waals surface area contributed by atoms with Gasteiger partial charge in [0.2, 0.25) is 10.0 Å². The normalized spacial score (nSPS) is 15.3. The van der Waals surface area contributed by atoms with E-state index in [9.17, 15) is 13.2 Å². The van der Waals surface area contributed by atoms with E-state index in [1.165, 1.54) is 9.20 Å². The van der Waals surface area contributed by atoms with Crippen molar-refractivity contribution >= 4 is 27.8 Å². The number of carbonyl (C=O) groups is 1. The second kappa shape index (κ2) is 10.1. The summed E-state index contributed by atoms with van der Waals surface area (Å²) in [6, 6.07) is 16.9. The average Bonchev–Trinajstić information content (AvgIpc) is 2.74. The Labute approximate surface area is 177 Å². The molecule has 0 aliphatic carbocycles. The van der Waals surface area contributed by atoms with Crippen LogP contribution in [0.4, 0.5) is 4.79 Å². The van der Waals surface area contributed by atoms with Gasteiger partial charge >= 0.3 is 6.03 Å². The minimum absolute atomic E-state index is 0.123. The van der Waals surface area contributed by atoms with Crippen LogP contribution >= 0.6 is 11.8 Å². The molecule has 2 amide bonds. The predicted octanol–water partition coefficient (Wildman–Crippen LogP) is 3.19. The first kappa shape index (κ1) is 21.7. The van der Waals surface area contributed by atoms with Crippen LogP contribution in [0.2, 0.25) is 0 Å². The van der Waals surface area contributed by atoms with Crippen molar-refractivity contribution in [2.75, 3.05) is 38.5 Å². The molecule has 0 atom stereocenters. The third kappa shape index (κ3) is 5.98. The molecule has 1 saturated heterocycles. The molecule has 1 N–H and O–H groups in total. The lowest BCUT2D eigenvalue weighted by atomic mass is 10.2. The summed E-state index contributed by atoms with van der Waals surface area (Å²) in [6.07, 6.45) is 0.882. The zero-order chi connectivity index (χ0) is 20.7. The van der Waals surface area contributed by atoms with Crippen LogP contribution in [0.3, 0.4) is 0 Å². The molecule has 6 nitrogen and oxygen atoms in total. The van der Waals surface area contributed by atoms with Crippen LogP contribution in [0.5, 0.6) is 0 Å². The quantitative estimate of drug-likeness (QED) is 0.538. The van der Waals surface area contributed by atoms with E-state index < -0.39 is 10.0 Å². The molecule has 156 valence electrons. The Morgan fingerprint density at radius 1 is 1.00 bits per heavy atom. The minimum Gasteiger partial charge on any atom is -0.338 e. The first-order valence-electron chi connectivity index (χ1n) is 9.74. The van der Waals surface area contributed by atoms with Gasteiger partial charge in [0.1, 0.15) is 0 Å². The van der Waals surface area contributed by atoms with Gasteiger partial charge in [-0.15, -0.1) is 11.8 Å². The van der Waals surface area contributed by atoms with Crippen molar-refractivity contribution < 1.29 is 13.2 Å². The van der Waals surface area contributed by atoms with E-state index in [4.69, 9.17) is 0 Å². The monoisotopic (exact) mass is 433 g/mol. The first-order chi connectivity index (χ1) is 14.0. The van der Waals surface area contributed by atoms with Gasteiger partial charge in [0, 0.05) is 37.6 Å². The number of amides is 2. The Hall–Kier alpha value is -2.03. The third-order valence-corrected chi connectivity index (χ3v) is 7.81. The molecule has 8 heteroatoms. The number of urea groups is 1. The van der Waals surface area contributed by atoms with E-state index in [0.717, 1.165) is 17.7 Å². The molecule has 0 aromatic heterocycles. The smallest absolute Gasteiger partial charge is 0.317 e. The average molecular weight is 434 g/mol. The van der Waals surface area contributed by atoms with E-state index in [2.05, 4.69) is 17.4 Å². The number of aryl methyl sites for hydroxylation is 1. The summed E-state index contributed by atoms with van der Waals surface area (Å²) in [4.78, 5) is 15.6. The highest BCUT2D eigenvalue weighted by molar-refractivity contribution is 7.99. The van der Waals surface area contributed by atoms with Crippen molar-refractivity contribution in [3.63, 3.8) is 0 Å². The summed E-state index contributed by atoms with van der Waals surface area (Å²) in [5.41, 5.74) is 1.02. The number of piperazine rings is 1. The molecule has 0 radical (unpaired) electrons. The highest BCUT2D eigenvalue weighted by Gasteiger charge is 2.29. The van der Waals surface area contributed by atoms with Gasteiger partial charge in [0.05, 0.1) is 4.90 Å². The maximum atomic E-state index is 12.7. The molecule has 1 heterocycles. The number of benzene rings is 2. The van der Waals surface area contributed by atoms with E-state index in [-0.39, 0.29) is 6.03 Å². The zero-order valence-electron chi connectivity index (χ0n) is 16.6. The van der Waals surface area contributed by atoms with E-state index in [1.807, 2.05) is 25.1 Å². The molecular weight excluding hydrogens is 406 g/mol. The standard InChI is InChI=1S/C21H27N3O3S2/c1-18-8-10-20(11-9-18)29(26,27)24-15-13-23(14-16-24)21(25)22-12-5-17-28-19-6-3-2-4-7-19/h2-4,6-11H,5,12-17H2,1H3,(H,22,25). The number of thioether (sulfide) groups is 1. The molecule has 0 unspecified atom stereocenters. The fraction of sp³-hybridized carbons (Fsp3) is 0.381. The highest BCUT2D eigenvalue weighted by Crippen LogP contribution is 2.19. The molecule has 0 saturated carbocycles. The summed E-state index contributed by atoms with van der Waals surface area (Å²) in [6.45, 7) is 3.96. The molecule has 3 rings (SSSR count). The molecule has 1 aliphatic heterocycles. The van der Waals surface area contributed by atoms with Crippen molar-refractivity contribution in [3.05, 3.63) is 60.2 Å². The highest BCUT2D eigenvalue weighted by atomic mass is 32.2. The number of nitrogens with zero attached hydrogens (tertiary/aromatic N) is 2. The fourth-order valence-corrected chi connectivity index (χ4v) is 5.37. The topological polar surface area (TPSA) is 69.7 Å². The van der Waals surface area contributed by atoms with Crippen molar-refractivity contribution in [2.45, 2.75) is 23.1 Å². The van der Waals surface area contributed by atoms with Crippen molar-refractivity contribution in [1.29, 1.82) is 0 Å². The van der Waals surface area contributed by atoms with Gasteiger partial charge < -0.3 is 10.2 Å². The van der Waals surface area contributed by atoms with E-state index in [1.54, 1.807) is 40.9 Å². The predicted molar refractivity (Wildman–Crippen MR) is 117 cm³/mol. The fourth-order valence-electron chi connectivity index (χ4n) is 3.08. The number of sulfonamides is 1. The molecule has 0 bridgehead atoms. The van der Waals surface area contributed by atoms with Crippen LogP contribution in [0.25, 0.3) is 0 Å². The second-order valence-electron chi connectivity index (χ2n) is 6.95. The number of hydrogen-bond donors (Lipinski definition) is 1. The Morgan fingerprint density at radius 2 is 1.66 bits per heavy atom. The summed E-state index contributed by atoms with van der Waals surface area (Å²) >= 11 is 1.77. The number of hydrogen-bond acceptors (Lipinski definition) is 4. The summed E-state index contributed by atoms with van der Waals surface area (Å²) in [7, 11) is -3.51. The van der Waals surface area contributed by atoms with Gasteiger partial charge in [-0.05, 0) is 43.4 Å². The minimum atomic E-state index is -3.51. The van der Waals surface area contributed by atoms with Crippen LogP contribution in [0, 0.1) is 6.92 Å². The molecule has 2 aromatic carbocycles. The van der Waals surface area contributed by atoms with Crippen molar-refractivity contribution in [2.24, 2.45) is 0 Å². The summed E-state index contributed by atoms with van der Waals surface area (Å²) in [5, 5.41) is 2.94. The number of nitrogens with one attached hydrogen (secondary N) is 1. The van der Waals surface area contributed by atoms with Crippen LogP contribution in [-0.4, -0.2) is 62.1 Å². The molecular formula is C21H27N3O3S2. The molecule has 1 fully saturated rings. The van der Waals surface area contributed by atoms with Gasteiger partial charge in [-0.1, -0.05) is 35.9 Å². The lowest BCUT2D eigenvalue weighted by Crippen LogP contribution is -2.53. The van der Waals surface area contributed by atoms with Gasteiger partial charge in [0.25, 0.3) is 0 Å². The van der Waals surface area contributed by atoms with E-state index >= 15 is 0 Å². The van der Waals surface area contributed by atoms with Crippen molar-refractivity contribution in [1.82, 2.24) is 14.5 Å². The van der Waals surface area contributed by atoms with Crippen molar-refractivity contribution in [3.8, 4) is 0 Å². The Balaban J connectivity index is 1.39. The maximum Gasteiger partial charge on any atom is 0.317 e. The third-order valence-electron chi connectivity index (χ3n) is 4.79. The molecule has 29 heavy (non-hydrogen) atoms. The lowest BCUT2D eigenvalue weighted by molar-refractivity contribution is 0.172. The zero-order valence-corrected chi connectivity index (χ0v) is 18.2. The van der Waals surface area contributed by atoms with Crippen LogP contribution in [-0.2, 0) is 10.0 Å². The molecule has 1 aliphatic rings. The van der Waals surface area contributed by atoms with Gasteiger partial charge in [-0.2, -0.15) is 4.31 Å². The molecule has 0 spiro atoms. The Morgan fingerprint density at radius 3 is 2.31 bits per heavy atom. The number of carbonyl (C=O) groups excluding carboxylic acids is 1. The second-order valence-corrected chi connectivity index (χ2v) is 10.1. The van der Waals surface area contributed by atoms with Gasteiger partial charge in [-0.25, -0.2) is 13.2 Å². The van der Waals surface area contributed by atoms with Crippen LogP contribution in [0.15, 0.2) is 64.4 Å². The summed E-state index contributed by atoms with van der Waals surface area (Å²) in [5.74, 6) is 0.937. The first-order valence-corrected chi connectivity index (χ1v) is 12.2. The largest absolute Gasteiger partial charge is 0.338 e. The summed E-state index contributed by atoms with van der Waals surface area (Å²) < 4.78 is 26.9. The molecule has 2 aromatic rings. The Bertz CT molecular complexity index is 895. The lowest BCUT2D eigenvalue weighted by Gasteiger charge is -2.34. The van der Waals surface area contributed by atoms with Crippen LogP contribution in [0.1, 0.15) is 12.0 Å².